The molecule has 0 aromatic carbocycles. The smallest absolute Gasteiger partial charge is 0.0136 e. The van der Waals surface area contributed by atoms with Crippen molar-refractivity contribution in [1.29, 1.82) is 0 Å². The van der Waals surface area contributed by atoms with Crippen LogP contribution in [0, 0.1) is 17.3 Å². The van der Waals surface area contributed by atoms with E-state index in [0.29, 0.717) is 5.41 Å². The molecular weight excluding hydrogens is 244 g/mol. The predicted octanol–water partition coefficient (Wildman–Crippen LogP) is 3.91. The highest BCUT2D eigenvalue weighted by Gasteiger charge is 2.39. The molecule has 0 amide bonds. The third-order valence-electron chi connectivity index (χ3n) is 6.16. The van der Waals surface area contributed by atoms with E-state index in [1.807, 2.05) is 0 Å². The van der Waals surface area contributed by atoms with Gasteiger partial charge in [0.15, 0.2) is 0 Å². The van der Waals surface area contributed by atoms with Crippen molar-refractivity contribution in [2.75, 3.05) is 26.2 Å². The lowest BCUT2D eigenvalue weighted by molar-refractivity contribution is 0.00504. The second kappa shape index (κ2) is 7.26. The number of hydrogen-bond acceptors (Lipinski definition) is 2. The van der Waals surface area contributed by atoms with Crippen molar-refractivity contribution in [1.82, 2.24) is 10.2 Å². The summed E-state index contributed by atoms with van der Waals surface area (Å²) in [7, 11) is 0. The molecule has 0 aromatic heterocycles. The molecule has 118 valence electrons. The minimum absolute atomic E-state index is 0.672. The fourth-order valence-corrected chi connectivity index (χ4v) is 4.11. The van der Waals surface area contributed by atoms with Gasteiger partial charge in [-0.25, -0.2) is 0 Å². The number of nitrogens with one attached hydrogen (secondary N) is 1. The van der Waals surface area contributed by atoms with Crippen LogP contribution in [0.4, 0.5) is 0 Å². The molecule has 1 aliphatic carbocycles. The summed E-state index contributed by atoms with van der Waals surface area (Å²) < 4.78 is 0. The molecule has 1 heterocycles. The molecule has 2 atom stereocenters. The standard InChI is InChI=1S/C18H36N2/c1-5-18(6-2)9-11-20(12-10-18)17-8-7-16(17)14-19-13-15(3)4/h15-17,19H,5-14H2,1-4H3. The highest BCUT2D eigenvalue weighted by atomic mass is 15.2. The molecule has 1 saturated heterocycles. The van der Waals surface area contributed by atoms with Crippen LogP contribution >= 0.6 is 0 Å². The average Bonchev–Trinajstić information content (AvgIpc) is 2.43. The highest BCUT2D eigenvalue weighted by Crippen LogP contribution is 2.41. The van der Waals surface area contributed by atoms with E-state index in [1.165, 1.54) is 64.7 Å². The van der Waals surface area contributed by atoms with Crippen LogP contribution in [0.25, 0.3) is 0 Å². The Morgan fingerprint density at radius 3 is 2.20 bits per heavy atom. The first-order valence-corrected chi connectivity index (χ1v) is 9.05. The Labute approximate surface area is 126 Å². The number of piperidine rings is 1. The molecular formula is C18H36N2. The molecule has 0 bridgehead atoms. The Kier molecular flexibility index (Phi) is 5.92. The van der Waals surface area contributed by atoms with Crippen LogP contribution in [0.5, 0.6) is 0 Å². The van der Waals surface area contributed by atoms with E-state index in [-0.39, 0.29) is 0 Å². The van der Waals surface area contributed by atoms with Gasteiger partial charge in [-0.15, -0.1) is 0 Å². The minimum Gasteiger partial charge on any atom is -0.316 e. The summed E-state index contributed by atoms with van der Waals surface area (Å²) >= 11 is 0. The fraction of sp³-hybridized carbons (Fsp3) is 1.00. The molecule has 0 spiro atoms. The molecule has 2 unspecified atom stereocenters. The van der Waals surface area contributed by atoms with Gasteiger partial charge in [-0.3, -0.25) is 0 Å². The first kappa shape index (κ1) is 16.3. The van der Waals surface area contributed by atoms with Gasteiger partial charge in [0.2, 0.25) is 0 Å². The molecule has 2 heteroatoms. The van der Waals surface area contributed by atoms with Gasteiger partial charge in [-0.2, -0.15) is 0 Å². The summed E-state index contributed by atoms with van der Waals surface area (Å²) in [4.78, 5) is 2.81. The van der Waals surface area contributed by atoms with E-state index in [2.05, 4.69) is 37.9 Å². The number of rotatable bonds is 7. The zero-order valence-electron chi connectivity index (χ0n) is 14.3. The van der Waals surface area contributed by atoms with Crippen LogP contribution in [0.15, 0.2) is 0 Å². The average molecular weight is 281 g/mol. The lowest BCUT2D eigenvalue weighted by Crippen LogP contribution is -2.54. The van der Waals surface area contributed by atoms with E-state index in [9.17, 15) is 0 Å². The maximum absolute atomic E-state index is 3.67. The van der Waals surface area contributed by atoms with Crippen molar-refractivity contribution < 1.29 is 0 Å². The quantitative estimate of drug-likeness (QED) is 0.760. The first-order chi connectivity index (χ1) is 9.60. The van der Waals surface area contributed by atoms with Crippen LogP contribution in [0.3, 0.4) is 0 Å². The van der Waals surface area contributed by atoms with Gasteiger partial charge in [0.05, 0.1) is 0 Å². The van der Waals surface area contributed by atoms with Crippen LogP contribution in [0.2, 0.25) is 0 Å². The van der Waals surface area contributed by atoms with Gasteiger partial charge >= 0.3 is 0 Å². The van der Waals surface area contributed by atoms with Gasteiger partial charge in [0, 0.05) is 6.04 Å². The SMILES string of the molecule is CCC1(CC)CCN(C2CCC2CNCC(C)C)CC1. The molecule has 0 radical (unpaired) electrons. The summed E-state index contributed by atoms with van der Waals surface area (Å²) in [5.74, 6) is 1.70. The summed E-state index contributed by atoms with van der Waals surface area (Å²) in [6, 6.07) is 0.890. The van der Waals surface area contributed by atoms with Crippen molar-refractivity contribution in [2.24, 2.45) is 17.3 Å². The van der Waals surface area contributed by atoms with E-state index in [0.717, 1.165) is 17.9 Å². The van der Waals surface area contributed by atoms with Gasteiger partial charge in [-0.1, -0.05) is 40.5 Å². The van der Waals surface area contributed by atoms with Crippen molar-refractivity contribution in [3.05, 3.63) is 0 Å². The first-order valence-electron chi connectivity index (χ1n) is 9.05. The summed E-state index contributed by atoms with van der Waals surface area (Å²) in [5.41, 5.74) is 0.672. The number of likely N-dealkylation sites (tertiary alicyclic amines) is 1. The Hall–Kier alpha value is -0.0800. The largest absolute Gasteiger partial charge is 0.316 e. The monoisotopic (exact) mass is 280 g/mol. The molecule has 1 saturated carbocycles. The molecule has 2 nitrogen and oxygen atoms in total. The fourth-order valence-electron chi connectivity index (χ4n) is 4.11. The third-order valence-corrected chi connectivity index (χ3v) is 6.16. The number of hydrogen-bond donors (Lipinski definition) is 1. The topological polar surface area (TPSA) is 15.3 Å². The van der Waals surface area contributed by atoms with Crippen LogP contribution in [-0.2, 0) is 0 Å². The van der Waals surface area contributed by atoms with Gasteiger partial charge in [0.25, 0.3) is 0 Å². The zero-order chi connectivity index (χ0) is 14.6. The summed E-state index contributed by atoms with van der Waals surface area (Å²) in [6.07, 6.45) is 8.51. The van der Waals surface area contributed by atoms with Gasteiger partial charge < -0.3 is 10.2 Å². The van der Waals surface area contributed by atoms with Crippen LogP contribution in [-0.4, -0.2) is 37.1 Å². The van der Waals surface area contributed by atoms with Crippen LogP contribution < -0.4 is 5.32 Å². The van der Waals surface area contributed by atoms with E-state index < -0.39 is 0 Å². The molecule has 1 N–H and O–H groups in total. The Morgan fingerprint density at radius 1 is 1.10 bits per heavy atom. The predicted molar refractivity (Wildman–Crippen MR) is 88.0 cm³/mol. The lowest BCUT2D eigenvalue weighted by Gasteiger charge is -2.50. The highest BCUT2D eigenvalue weighted by molar-refractivity contribution is 4.94. The Morgan fingerprint density at radius 2 is 1.75 bits per heavy atom. The second-order valence-electron chi connectivity index (χ2n) is 7.70. The molecule has 0 aromatic rings. The maximum Gasteiger partial charge on any atom is 0.0136 e. The van der Waals surface area contributed by atoms with E-state index in [4.69, 9.17) is 0 Å². The van der Waals surface area contributed by atoms with Crippen molar-refractivity contribution in [2.45, 2.75) is 72.3 Å². The zero-order valence-corrected chi connectivity index (χ0v) is 14.3. The molecule has 2 fully saturated rings. The number of nitrogens with zero attached hydrogens (tertiary/aromatic N) is 1. The molecule has 1 aliphatic heterocycles. The van der Waals surface area contributed by atoms with Crippen molar-refractivity contribution in [3.63, 3.8) is 0 Å². The molecule has 20 heavy (non-hydrogen) atoms. The van der Waals surface area contributed by atoms with E-state index >= 15 is 0 Å². The summed E-state index contributed by atoms with van der Waals surface area (Å²) in [6.45, 7) is 14.5. The minimum atomic E-state index is 0.672. The van der Waals surface area contributed by atoms with Crippen molar-refractivity contribution >= 4 is 0 Å². The van der Waals surface area contributed by atoms with E-state index in [1.54, 1.807) is 0 Å². The van der Waals surface area contributed by atoms with Gasteiger partial charge in [0.1, 0.15) is 0 Å². The molecule has 2 rings (SSSR count). The second-order valence-corrected chi connectivity index (χ2v) is 7.70. The Balaban J connectivity index is 1.73. The maximum atomic E-state index is 3.67. The Bertz CT molecular complexity index is 273. The summed E-state index contributed by atoms with van der Waals surface area (Å²) in [5, 5.41) is 3.67. The normalized spacial score (nSPS) is 30.4. The third kappa shape index (κ3) is 3.76. The van der Waals surface area contributed by atoms with Crippen LogP contribution in [0.1, 0.15) is 66.2 Å². The van der Waals surface area contributed by atoms with Crippen molar-refractivity contribution in [3.8, 4) is 0 Å². The van der Waals surface area contributed by atoms with Gasteiger partial charge in [-0.05, 0) is 69.1 Å². The molecule has 2 aliphatic rings. The lowest BCUT2D eigenvalue weighted by atomic mass is 9.71.